The van der Waals surface area contributed by atoms with Gasteiger partial charge in [-0.25, -0.2) is 10.5 Å². The number of aromatic nitrogens is 2. The number of fused-ring (bicyclic) bond motifs is 1. The van der Waals surface area contributed by atoms with Crippen LogP contribution in [0.25, 0.3) is 11.1 Å². The van der Waals surface area contributed by atoms with Gasteiger partial charge in [-0.2, -0.15) is 0 Å². The monoisotopic (exact) mass is 297 g/mol. The van der Waals surface area contributed by atoms with Crippen molar-refractivity contribution in [2.24, 2.45) is 0 Å². The highest BCUT2D eigenvalue weighted by atomic mass is 16.6. The third kappa shape index (κ3) is 2.82. The van der Waals surface area contributed by atoms with Crippen LogP contribution in [0, 0.1) is 13.8 Å². The molecule has 1 aromatic carbocycles. The van der Waals surface area contributed by atoms with Gasteiger partial charge in [-0.1, -0.05) is 35.5 Å². The molecule has 22 heavy (non-hydrogen) atoms. The minimum Gasteiger partial charge on any atom is -0.336 e. The van der Waals surface area contributed by atoms with Gasteiger partial charge in [0.2, 0.25) is 0 Å². The van der Waals surface area contributed by atoms with Gasteiger partial charge < -0.3 is 4.52 Å². The molecule has 0 fully saturated rings. The van der Waals surface area contributed by atoms with E-state index in [1.54, 1.807) is 19.9 Å². The fraction of sp³-hybridized carbons (Fsp3) is 0.188. The predicted octanol–water partition coefficient (Wildman–Crippen LogP) is 2.70. The van der Waals surface area contributed by atoms with Crippen LogP contribution in [0.1, 0.15) is 27.3 Å². The van der Waals surface area contributed by atoms with Crippen molar-refractivity contribution in [2.45, 2.75) is 20.5 Å². The van der Waals surface area contributed by atoms with Gasteiger partial charge >= 0.3 is 0 Å². The molecule has 0 bridgehead atoms. The van der Waals surface area contributed by atoms with Crippen LogP contribution in [-0.2, 0) is 11.4 Å². The number of hydrogen-bond acceptors (Lipinski definition) is 5. The summed E-state index contributed by atoms with van der Waals surface area (Å²) < 4.78 is 5.11. The number of nitrogens with one attached hydrogen (secondary N) is 1. The number of carbonyl (C=O) groups is 1. The SMILES string of the molecule is Cc1cc(C(=O)NOCc2ccccc2)c2c(C)noc2n1. The minimum absolute atomic E-state index is 0.294. The van der Waals surface area contributed by atoms with E-state index < -0.39 is 0 Å². The number of hydrogen-bond donors (Lipinski definition) is 1. The van der Waals surface area contributed by atoms with Crippen molar-refractivity contribution in [1.29, 1.82) is 0 Å². The van der Waals surface area contributed by atoms with Gasteiger partial charge in [-0.3, -0.25) is 9.63 Å². The van der Waals surface area contributed by atoms with Gasteiger partial charge in [0.25, 0.3) is 11.6 Å². The molecule has 0 saturated carbocycles. The van der Waals surface area contributed by atoms with Crippen LogP contribution in [-0.4, -0.2) is 16.0 Å². The normalized spacial score (nSPS) is 10.8. The van der Waals surface area contributed by atoms with Crippen LogP contribution >= 0.6 is 0 Å². The molecular weight excluding hydrogens is 282 g/mol. The lowest BCUT2D eigenvalue weighted by atomic mass is 10.1. The fourth-order valence-corrected chi connectivity index (χ4v) is 2.21. The summed E-state index contributed by atoms with van der Waals surface area (Å²) in [4.78, 5) is 21.8. The molecule has 112 valence electrons. The summed E-state index contributed by atoms with van der Waals surface area (Å²) in [7, 11) is 0. The molecule has 0 atom stereocenters. The zero-order valence-electron chi connectivity index (χ0n) is 12.3. The Balaban J connectivity index is 1.76. The summed E-state index contributed by atoms with van der Waals surface area (Å²) >= 11 is 0. The summed E-state index contributed by atoms with van der Waals surface area (Å²) in [5.41, 5.74) is 5.51. The Morgan fingerprint density at radius 1 is 1.27 bits per heavy atom. The number of rotatable bonds is 4. The van der Waals surface area contributed by atoms with Crippen molar-refractivity contribution in [2.75, 3.05) is 0 Å². The van der Waals surface area contributed by atoms with E-state index in [-0.39, 0.29) is 5.91 Å². The average Bonchev–Trinajstić information content (AvgIpc) is 2.88. The third-order valence-electron chi connectivity index (χ3n) is 3.24. The van der Waals surface area contributed by atoms with Gasteiger partial charge in [-0.15, -0.1) is 0 Å². The highest BCUT2D eigenvalue weighted by Gasteiger charge is 2.17. The predicted molar refractivity (Wildman–Crippen MR) is 80.0 cm³/mol. The Morgan fingerprint density at radius 3 is 2.82 bits per heavy atom. The Bertz CT molecular complexity index is 812. The zero-order valence-corrected chi connectivity index (χ0v) is 12.3. The van der Waals surface area contributed by atoms with Crippen LogP contribution in [0.5, 0.6) is 0 Å². The van der Waals surface area contributed by atoms with Crippen LogP contribution in [0.15, 0.2) is 40.9 Å². The molecule has 0 aliphatic carbocycles. The van der Waals surface area contributed by atoms with E-state index >= 15 is 0 Å². The van der Waals surface area contributed by atoms with Crippen molar-refractivity contribution in [1.82, 2.24) is 15.6 Å². The van der Waals surface area contributed by atoms with Crippen LogP contribution in [0.2, 0.25) is 0 Å². The lowest BCUT2D eigenvalue weighted by molar-refractivity contribution is 0.0235. The second-order valence-electron chi connectivity index (χ2n) is 4.96. The number of amides is 1. The Kier molecular flexibility index (Phi) is 3.84. The highest BCUT2D eigenvalue weighted by molar-refractivity contribution is 6.05. The first kappa shape index (κ1) is 14.2. The van der Waals surface area contributed by atoms with E-state index in [1.165, 1.54) is 0 Å². The van der Waals surface area contributed by atoms with E-state index in [0.29, 0.717) is 34.7 Å². The van der Waals surface area contributed by atoms with Crippen molar-refractivity contribution < 1.29 is 14.2 Å². The second-order valence-corrected chi connectivity index (χ2v) is 4.96. The van der Waals surface area contributed by atoms with Crippen LogP contribution in [0.4, 0.5) is 0 Å². The van der Waals surface area contributed by atoms with Crippen molar-refractivity contribution >= 4 is 17.0 Å². The molecule has 0 spiro atoms. The molecule has 2 aromatic heterocycles. The summed E-state index contributed by atoms with van der Waals surface area (Å²) in [5, 5.41) is 4.45. The third-order valence-corrected chi connectivity index (χ3v) is 3.24. The van der Waals surface area contributed by atoms with Gasteiger partial charge in [0.1, 0.15) is 0 Å². The van der Waals surface area contributed by atoms with Crippen LogP contribution < -0.4 is 5.48 Å². The first-order valence-corrected chi connectivity index (χ1v) is 6.85. The van der Waals surface area contributed by atoms with E-state index in [0.717, 1.165) is 5.56 Å². The Labute approximate surface area is 127 Å². The Hall–Kier alpha value is -2.73. The largest absolute Gasteiger partial charge is 0.336 e. The first-order valence-electron chi connectivity index (χ1n) is 6.85. The number of aryl methyl sites for hydroxylation is 2. The van der Waals surface area contributed by atoms with Gasteiger partial charge in [0.05, 0.1) is 23.3 Å². The van der Waals surface area contributed by atoms with E-state index in [1.807, 2.05) is 30.3 Å². The number of nitrogens with zero attached hydrogens (tertiary/aromatic N) is 2. The molecule has 1 amide bonds. The lowest BCUT2D eigenvalue weighted by Gasteiger charge is -2.07. The molecule has 3 aromatic rings. The van der Waals surface area contributed by atoms with Crippen molar-refractivity contribution in [3.8, 4) is 0 Å². The van der Waals surface area contributed by atoms with Gasteiger partial charge in [0, 0.05) is 5.69 Å². The summed E-state index contributed by atoms with van der Waals surface area (Å²) in [6.45, 7) is 3.85. The standard InChI is InChI=1S/C16H15N3O3/c1-10-8-13(14-11(2)18-22-16(14)17-10)15(20)19-21-9-12-6-4-3-5-7-12/h3-8H,9H2,1-2H3,(H,19,20). The van der Waals surface area contributed by atoms with E-state index in [2.05, 4.69) is 15.6 Å². The smallest absolute Gasteiger partial charge is 0.275 e. The molecule has 0 radical (unpaired) electrons. The molecule has 0 aliphatic rings. The maximum absolute atomic E-state index is 12.3. The molecular formula is C16H15N3O3. The van der Waals surface area contributed by atoms with Crippen molar-refractivity contribution in [3.63, 3.8) is 0 Å². The minimum atomic E-state index is -0.349. The molecule has 3 rings (SSSR count). The molecule has 0 saturated heterocycles. The number of benzene rings is 1. The average molecular weight is 297 g/mol. The molecule has 0 aliphatic heterocycles. The Morgan fingerprint density at radius 2 is 2.05 bits per heavy atom. The van der Waals surface area contributed by atoms with E-state index in [9.17, 15) is 4.79 Å². The quantitative estimate of drug-likeness (QED) is 0.749. The molecule has 6 nitrogen and oxygen atoms in total. The second kappa shape index (κ2) is 5.95. The molecule has 2 heterocycles. The number of pyridine rings is 1. The first-order chi connectivity index (χ1) is 10.6. The summed E-state index contributed by atoms with van der Waals surface area (Å²) in [5.74, 6) is -0.349. The topological polar surface area (TPSA) is 77.2 Å². The van der Waals surface area contributed by atoms with E-state index in [4.69, 9.17) is 9.36 Å². The molecule has 1 N–H and O–H groups in total. The molecule has 6 heteroatoms. The zero-order chi connectivity index (χ0) is 15.5. The lowest BCUT2D eigenvalue weighted by Crippen LogP contribution is -2.24. The summed E-state index contributed by atoms with van der Waals surface area (Å²) in [6.07, 6.45) is 0. The fourth-order valence-electron chi connectivity index (χ4n) is 2.21. The van der Waals surface area contributed by atoms with Gasteiger partial charge in [-0.05, 0) is 25.5 Å². The maximum atomic E-state index is 12.3. The van der Waals surface area contributed by atoms with Crippen molar-refractivity contribution in [3.05, 3.63) is 58.9 Å². The van der Waals surface area contributed by atoms with Gasteiger partial charge in [0.15, 0.2) is 0 Å². The number of carbonyl (C=O) groups excluding carboxylic acids is 1. The number of hydroxylamine groups is 1. The highest BCUT2D eigenvalue weighted by Crippen LogP contribution is 2.21. The van der Waals surface area contributed by atoms with Crippen LogP contribution in [0.3, 0.4) is 0 Å². The summed E-state index contributed by atoms with van der Waals surface area (Å²) in [6, 6.07) is 11.3. The maximum Gasteiger partial charge on any atom is 0.275 e. The molecule has 0 unspecified atom stereocenters.